The lowest BCUT2D eigenvalue weighted by molar-refractivity contribution is -0.137. The molecule has 0 spiro atoms. The molecular weight excluding hydrogens is 355 g/mol. The van der Waals surface area contributed by atoms with Crippen molar-refractivity contribution >= 4 is 29.0 Å². The van der Waals surface area contributed by atoms with Gasteiger partial charge < -0.3 is 16.4 Å². The Morgan fingerprint density at radius 3 is 2.44 bits per heavy atom. The average Bonchev–Trinajstić information content (AvgIpc) is 2.51. The van der Waals surface area contributed by atoms with E-state index < -0.39 is 17.8 Å². The van der Waals surface area contributed by atoms with Crippen molar-refractivity contribution in [3.05, 3.63) is 57.6 Å². The molecule has 2 rings (SSSR count). The Hall–Kier alpha value is -2.41. The Kier molecular flexibility index (Phi) is 5.47. The summed E-state index contributed by atoms with van der Waals surface area (Å²) in [5.41, 5.74) is 7.40. The molecule has 0 heterocycles. The molecule has 0 fully saturated rings. The summed E-state index contributed by atoms with van der Waals surface area (Å²) in [6, 6.07) is 6.49. The second-order valence-corrected chi connectivity index (χ2v) is 6.05. The standard InChI is InChI=1S/C17H17ClF3N3O/c1-9-3-4-11(5-10(9)2)8-23-16(25)24-14-7-12(17(19,20)21)6-13(18)15(14)22/h3-7H,8,22H2,1-2H3,(H2,23,24,25). The molecule has 0 aliphatic heterocycles. The summed E-state index contributed by atoms with van der Waals surface area (Å²) in [6.07, 6.45) is -4.59. The van der Waals surface area contributed by atoms with Crippen LogP contribution in [0.15, 0.2) is 30.3 Å². The lowest BCUT2D eigenvalue weighted by Gasteiger charge is -2.14. The van der Waals surface area contributed by atoms with Gasteiger partial charge in [0.25, 0.3) is 0 Å². The number of hydrogen-bond acceptors (Lipinski definition) is 2. The van der Waals surface area contributed by atoms with Crippen LogP contribution in [0.25, 0.3) is 0 Å². The van der Waals surface area contributed by atoms with Crippen molar-refractivity contribution in [2.24, 2.45) is 0 Å². The molecule has 0 radical (unpaired) electrons. The smallest absolute Gasteiger partial charge is 0.396 e. The number of nitrogens with one attached hydrogen (secondary N) is 2. The van der Waals surface area contributed by atoms with Crippen LogP contribution in [-0.4, -0.2) is 6.03 Å². The number of benzene rings is 2. The van der Waals surface area contributed by atoms with Crippen LogP contribution < -0.4 is 16.4 Å². The van der Waals surface area contributed by atoms with E-state index in [2.05, 4.69) is 10.6 Å². The van der Waals surface area contributed by atoms with Gasteiger partial charge in [-0.1, -0.05) is 29.8 Å². The molecule has 0 atom stereocenters. The van der Waals surface area contributed by atoms with Crippen molar-refractivity contribution in [3.8, 4) is 0 Å². The van der Waals surface area contributed by atoms with Gasteiger partial charge in [-0.25, -0.2) is 4.79 Å². The van der Waals surface area contributed by atoms with Crippen molar-refractivity contribution in [1.29, 1.82) is 0 Å². The van der Waals surface area contributed by atoms with Crippen LogP contribution in [0.4, 0.5) is 29.3 Å². The molecule has 0 saturated heterocycles. The summed E-state index contributed by atoms with van der Waals surface area (Å²) in [5, 5.41) is 4.59. The molecule has 2 amide bonds. The molecule has 2 aromatic rings. The van der Waals surface area contributed by atoms with Gasteiger partial charge in [0.2, 0.25) is 0 Å². The lowest BCUT2D eigenvalue weighted by Crippen LogP contribution is -2.28. The summed E-state index contributed by atoms with van der Waals surface area (Å²) >= 11 is 5.72. The third kappa shape index (κ3) is 4.79. The van der Waals surface area contributed by atoms with Gasteiger partial charge in [0, 0.05) is 6.54 Å². The number of urea groups is 1. The first-order chi connectivity index (χ1) is 11.6. The van der Waals surface area contributed by atoms with E-state index in [1.165, 1.54) is 0 Å². The summed E-state index contributed by atoms with van der Waals surface area (Å²) in [6.45, 7) is 4.14. The van der Waals surface area contributed by atoms with Gasteiger partial charge in [0.1, 0.15) is 0 Å². The average molecular weight is 372 g/mol. The largest absolute Gasteiger partial charge is 0.416 e. The number of anilines is 2. The number of alkyl halides is 3. The van der Waals surface area contributed by atoms with E-state index in [0.29, 0.717) is 0 Å². The highest BCUT2D eigenvalue weighted by molar-refractivity contribution is 6.34. The van der Waals surface area contributed by atoms with Crippen molar-refractivity contribution in [3.63, 3.8) is 0 Å². The molecule has 0 unspecified atom stereocenters. The van der Waals surface area contributed by atoms with Gasteiger partial charge in [-0.2, -0.15) is 13.2 Å². The third-order valence-corrected chi connectivity index (χ3v) is 4.04. The maximum absolute atomic E-state index is 12.8. The van der Waals surface area contributed by atoms with E-state index in [1.807, 2.05) is 32.0 Å². The molecule has 134 valence electrons. The van der Waals surface area contributed by atoms with Crippen LogP contribution in [0.3, 0.4) is 0 Å². The van der Waals surface area contributed by atoms with Crippen LogP contribution in [-0.2, 0) is 12.7 Å². The molecule has 8 heteroatoms. The number of amides is 2. The first-order valence-corrected chi connectivity index (χ1v) is 7.73. The van der Waals surface area contributed by atoms with E-state index in [4.69, 9.17) is 17.3 Å². The first kappa shape index (κ1) is 18.9. The number of hydrogen-bond donors (Lipinski definition) is 3. The third-order valence-electron chi connectivity index (χ3n) is 3.73. The number of carbonyl (C=O) groups is 1. The Bertz CT molecular complexity index is 806. The Labute approximate surface area is 148 Å². The fraction of sp³-hybridized carbons (Fsp3) is 0.235. The quantitative estimate of drug-likeness (QED) is 0.673. The van der Waals surface area contributed by atoms with Gasteiger partial charge in [-0.3, -0.25) is 0 Å². The Balaban J connectivity index is 2.09. The number of nitrogen functional groups attached to an aromatic ring is 1. The van der Waals surface area contributed by atoms with Crippen LogP contribution in [0, 0.1) is 13.8 Å². The minimum Gasteiger partial charge on any atom is -0.396 e. The minimum atomic E-state index is -4.59. The molecule has 4 nitrogen and oxygen atoms in total. The van der Waals surface area contributed by atoms with E-state index in [9.17, 15) is 18.0 Å². The SMILES string of the molecule is Cc1ccc(CNC(=O)Nc2cc(C(F)(F)F)cc(Cl)c2N)cc1C. The maximum atomic E-state index is 12.8. The predicted molar refractivity (Wildman–Crippen MR) is 92.6 cm³/mol. The fourth-order valence-corrected chi connectivity index (χ4v) is 2.37. The van der Waals surface area contributed by atoms with E-state index >= 15 is 0 Å². The molecule has 0 aliphatic rings. The lowest BCUT2D eigenvalue weighted by atomic mass is 10.1. The number of nitrogens with two attached hydrogens (primary N) is 1. The number of aryl methyl sites for hydroxylation is 2. The molecular formula is C17H17ClF3N3O. The zero-order chi connectivity index (χ0) is 18.8. The van der Waals surface area contributed by atoms with Crippen molar-refractivity contribution in [2.45, 2.75) is 26.6 Å². The van der Waals surface area contributed by atoms with Gasteiger partial charge in [-0.05, 0) is 42.7 Å². The van der Waals surface area contributed by atoms with E-state index in [0.717, 1.165) is 28.8 Å². The van der Waals surface area contributed by atoms with Gasteiger partial charge in [-0.15, -0.1) is 0 Å². The van der Waals surface area contributed by atoms with Crippen LogP contribution in [0.5, 0.6) is 0 Å². The van der Waals surface area contributed by atoms with Crippen LogP contribution in [0.2, 0.25) is 5.02 Å². The first-order valence-electron chi connectivity index (χ1n) is 7.35. The monoisotopic (exact) mass is 371 g/mol. The van der Waals surface area contributed by atoms with Gasteiger partial charge in [0.15, 0.2) is 0 Å². The number of carbonyl (C=O) groups excluding carboxylic acids is 1. The van der Waals surface area contributed by atoms with Gasteiger partial charge >= 0.3 is 12.2 Å². The second kappa shape index (κ2) is 7.23. The molecule has 0 saturated carbocycles. The van der Waals surface area contributed by atoms with E-state index in [1.54, 1.807) is 0 Å². The van der Waals surface area contributed by atoms with Crippen molar-refractivity contribution < 1.29 is 18.0 Å². The van der Waals surface area contributed by atoms with Crippen molar-refractivity contribution in [1.82, 2.24) is 5.32 Å². The molecule has 25 heavy (non-hydrogen) atoms. The normalized spacial score (nSPS) is 11.3. The zero-order valence-electron chi connectivity index (χ0n) is 13.6. The summed E-state index contributed by atoms with van der Waals surface area (Å²) in [7, 11) is 0. The Morgan fingerprint density at radius 1 is 1.16 bits per heavy atom. The molecule has 4 N–H and O–H groups in total. The highest BCUT2D eigenvalue weighted by Gasteiger charge is 2.32. The Morgan fingerprint density at radius 2 is 1.84 bits per heavy atom. The summed E-state index contributed by atoms with van der Waals surface area (Å²) < 4.78 is 38.5. The minimum absolute atomic E-state index is 0.129. The fourth-order valence-electron chi connectivity index (χ4n) is 2.15. The molecule has 0 aromatic heterocycles. The van der Waals surface area contributed by atoms with Crippen LogP contribution in [0.1, 0.15) is 22.3 Å². The second-order valence-electron chi connectivity index (χ2n) is 5.64. The van der Waals surface area contributed by atoms with Gasteiger partial charge in [0.05, 0.1) is 22.0 Å². The zero-order valence-corrected chi connectivity index (χ0v) is 14.3. The molecule has 0 bridgehead atoms. The van der Waals surface area contributed by atoms with Crippen LogP contribution >= 0.6 is 11.6 Å². The summed E-state index contributed by atoms with van der Waals surface area (Å²) in [4.78, 5) is 12.0. The van der Waals surface area contributed by atoms with Crippen molar-refractivity contribution in [2.75, 3.05) is 11.1 Å². The highest BCUT2D eigenvalue weighted by Crippen LogP contribution is 2.37. The summed E-state index contributed by atoms with van der Waals surface area (Å²) in [5.74, 6) is 0. The molecule has 0 aliphatic carbocycles. The number of rotatable bonds is 3. The van der Waals surface area contributed by atoms with E-state index in [-0.39, 0.29) is 22.9 Å². The highest BCUT2D eigenvalue weighted by atomic mass is 35.5. The predicted octanol–water partition coefficient (Wildman–Crippen LogP) is 4.88. The maximum Gasteiger partial charge on any atom is 0.416 e. The molecule has 2 aromatic carbocycles. The number of halogens is 4. The topological polar surface area (TPSA) is 67.2 Å².